The van der Waals surface area contributed by atoms with Gasteiger partial charge in [-0.05, 0) is 37.4 Å². The highest BCUT2D eigenvalue weighted by molar-refractivity contribution is 7.91. The van der Waals surface area contributed by atoms with Crippen molar-refractivity contribution in [3.63, 3.8) is 0 Å². The van der Waals surface area contributed by atoms with Gasteiger partial charge in [-0.25, -0.2) is 17.2 Å². The highest BCUT2D eigenvalue weighted by atomic mass is 32.2. The van der Waals surface area contributed by atoms with Gasteiger partial charge in [-0.1, -0.05) is 6.07 Å². The molecule has 0 saturated carbocycles. The van der Waals surface area contributed by atoms with E-state index in [1.165, 1.54) is 12.1 Å². The zero-order valence-electron chi connectivity index (χ0n) is 10.7. The van der Waals surface area contributed by atoms with E-state index in [2.05, 4.69) is 5.32 Å². The molecular weight excluding hydrogens is 272 g/mol. The minimum Gasteiger partial charge on any atom is -0.316 e. The molecule has 3 nitrogen and oxygen atoms in total. The molecule has 0 aromatic heterocycles. The first-order chi connectivity index (χ1) is 8.91. The van der Waals surface area contributed by atoms with Gasteiger partial charge in [0.25, 0.3) is 0 Å². The fraction of sp³-hybridized carbons (Fsp3) is 0.538. The number of halogens is 2. The van der Waals surface area contributed by atoms with Crippen molar-refractivity contribution in [3.05, 3.63) is 35.4 Å². The molecule has 1 aromatic carbocycles. The first kappa shape index (κ1) is 14.4. The predicted molar refractivity (Wildman–Crippen MR) is 69.7 cm³/mol. The van der Waals surface area contributed by atoms with Crippen LogP contribution < -0.4 is 5.32 Å². The molecule has 2 unspecified atom stereocenters. The molecule has 1 aliphatic heterocycles. The summed E-state index contributed by atoms with van der Waals surface area (Å²) in [4.78, 5) is 0. The average molecular weight is 289 g/mol. The van der Waals surface area contributed by atoms with Crippen LogP contribution in [0, 0.1) is 17.6 Å². The number of likely N-dealkylation sites (N-methyl/N-ethyl adjacent to an activating group) is 1. The lowest BCUT2D eigenvalue weighted by Gasteiger charge is -2.22. The minimum atomic E-state index is -2.95. The van der Waals surface area contributed by atoms with Crippen LogP contribution in [-0.4, -0.2) is 33.0 Å². The van der Waals surface area contributed by atoms with Crippen LogP contribution >= 0.6 is 0 Å². The monoisotopic (exact) mass is 289 g/mol. The van der Waals surface area contributed by atoms with E-state index >= 15 is 0 Å². The summed E-state index contributed by atoms with van der Waals surface area (Å²) in [5.41, 5.74) is 0.407. The molecule has 2 rings (SSSR count). The summed E-state index contributed by atoms with van der Waals surface area (Å²) in [6, 6.07) is 3.37. The van der Waals surface area contributed by atoms with Crippen LogP contribution in [0.1, 0.15) is 12.0 Å². The zero-order valence-corrected chi connectivity index (χ0v) is 11.5. The Hall–Kier alpha value is -1.01. The molecule has 1 saturated heterocycles. The lowest BCUT2D eigenvalue weighted by atomic mass is 9.93. The highest BCUT2D eigenvalue weighted by Gasteiger charge is 2.33. The molecule has 6 heteroatoms. The third-order valence-electron chi connectivity index (χ3n) is 3.66. The second kappa shape index (κ2) is 5.54. The molecule has 0 bridgehead atoms. The van der Waals surface area contributed by atoms with Crippen LogP contribution in [0.25, 0.3) is 0 Å². The summed E-state index contributed by atoms with van der Waals surface area (Å²) in [5.74, 6) is -0.866. The molecule has 1 aliphatic rings. The normalized spacial score (nSPS) is 23.4. The fourth-order valence-electron chi connectivity index (χ4n) is 2.57. The summed E-state index contributed by atoms with van der Waals surface area (Å²) >= 11 is 0. The van der Waals surface area contributed by atoms with Crippen molar-refractivity contribution in [1.29, 1.82) is 0 Å². The number of rotatable bonds is 4. The van der Waals surface area contributed by atoms with Crippen LogP contribution in [0.15, 0.2) is 18.2 Å². The lowest BCUT2D eigenvalue weighted by molar-refractivity contribution is 0.397. The smallest absolute Gasteiger partial charge is 0.150 e. The van der Waals surface area contributed by atoms with Crippen LogP contribution in [0.3, 0.4) is 0 Å². The van der Waals surface area contributed by atoms with Gasteiger partial charge < -0.3 is 5.32 Å². The number of benzene rings is 1. The standard InChI is InChI=1S/C13H17F2NO2S/c1-16-13(10-4-5-19(17,18)8-10)6-9-2-3-11(14)7-12(9)15/h2-3,7,10,13,16H,4-6,8H2,1H3. The Morgan fingerprint density at radius 3 is 2.68 bits per heavy atom. The van der Waals surface area contributed by atoms with Crippen molar-refractivity contribution in [3.8, 4) is 0 Å². The van der Waals surface area contributed by atoms with Gasteiger partial charge in [-0.3, -0.25) is 0 Å². The van der Waals surface area contributed by atoms with E-state index in [0.29, 0.717) is 18.4 Å². The van der Waals surface area contributed by atoms with Crippen LogP contribution in [0.4, 0.5) is 8.78 Å². The Balaban J connectivity index is 2.11. The number of hydrogen-bond acceptors (Lipinski definition) is 3. The van der Waals surface area contributed by atoms with E-state index < -0.39 is 21.5 Å². The topological polar surface area (TPSA) is 46.2 Å². The molecule has 1 aromatic rings. The summed E-state index contributed by atoms with van der Waals surface area (Å²) in [6.07, 6.45) is 0.958. The van der Waals surface area contributed by atoms with Crippen molar-refractivity contribution in [2.75, 3.05) is 18.6 Å². The molecule has 19 heavy (non-hydrogen) atoms. The summed E-state index contributed by atoms with van der Waals surface area (Å²) < 4.78 is 49.4. The summed E-state index contributed by atoms with van der Waals surface area (Å²) in [6.45, 7) is 0. The van der Waals surface area contributed by atoms with Crippen molar-refractivity contribution in [2.45, 2.75) is 18.9 Å². The van der Waals surface area contributed by atoms with Crippen LogP contribution in [0.2, 0.25) is 0 Å². The fourth-order valence-corrected chi connectivity index (χ4v) is 4.45. The molecule has 0 amide bonds. The van der Waals surface area contributed by atoms with Gasteiger partial charge in [0.2, 0.25) is 0 Å². The van der Waals surface area contributed by atoms with Gasteiger partial charge in [0.15, 0.2) is 9.84 Å². The molecule has 106 valence electrons. The SMILES string of the molecule is CNC(Cc1ccc(F)cc1F)C1CCS(=O)(=O)C1. The third-order valence-corrected chi connectivity index (χ3v) is 5.46. The van der Waals surface area contributed by atoms with Crippen LogP contribution in [-0.2, 0) is 16.3 Å². The molecule has 1 heterocycles. The van der Waals surface area contributed by atoms with Crippen LogP contribution in [0.5, 0.6) is 0 Å². The van der Waals surface area contributed by atoms with Gasteiger partial charge in [0.05, 0.1) is 11.5 Å². The van der Waals surface area contributed by atoms with Crippen molar-refractivity contribution >= 4 is 9.84 Å². The molecule has 0 spiro atoms. The number of hydrogen-bond donors (Lipinski definition) is 1. The highest BCUT2D eigenvalue weighted by Crippen LogP contribution is 2.24. The predicted octanol–water partition coefficient (Wildman–Crippen LogP) is 1.53. The summed E-state index contributed by atoms with van der Waals surface area (Å²) in [5, 5.41) is 3.05. The second-order valence-electron chi connectivity index (χ2n) is 5.00. The van der Waals surface area contributed by atoms with E-state index in [-0.39, 0.29) is 23.5 Å². The van der Waals surface area contributed by atoms with Crippen molar-refractivity contribution in [2.24, 2.45) is 5.92 Å². The van der Waals surface area contributed by atoms with Crippen molar-refractivity contribution < 1.29 is 17.2 Å². The molecule has 2 atom stereocenters. The molecule has 1 fully saturated rings. The molecule has 0 radical (unpaired) electrons. The maximum Gasteiger partial charge on any atom is 0.150 e. The molecule has 1 N–H and O–H groups in total. The number of nitrogens with one attached hydrogen (secondary N) is 1. The first-order valence-corrected chi connectivity index (χ1v) is 8.05. The Labute approximate surface area is 111 Å². The Morgan fingerprint density at radius 2 is 2.16 bits per heavy atom. The van der Waals surface area contributed by atoms with Gasteiger partial charge in [-0.15, -0.1) is 0 Å². The zero-order chi connectivity index (χ0) is 14.0. The number of sulfone groups is 1. The Kier molecular flexibility index (Phi) is 4.20. The Bertz CT molecular complexity index is 560. The Morgan fingerprint density at radius 1 is 1.42 bits per heavy atom. The van der Waals surface area contributed by atoms with E-state index in [9.17, 15) is 17.2 Å². The summed E-state index contributed by atoms with van der Waals surface area (Å²) in [7, 11) is -1.22. The maximum absolute atomic E-state index is 13.6. The van der Waals surface area contributed by atoms with Gasteiger partial charge >= 0.3 is 0 Å². The van der Waals surface area contributed by atoms with E-state index in [0.717, 1.165) is 6.07 Å². The lowest BCUT2D eigenvalue weighted by Crippen LogP contribution is -2.36. The van der Waals surface area contributed by atoms with E-state index in [1.54, 1.807) is 7.05 Å². The average Bonchev–Trinajstić information content (AvgIpc) is 2.69. The largest absolute Gasteiger partial charge is 0.316 e. The van der Waals surface area contributed by atoms with Gasteiger partial charge in [-0.2, -0.15) is 0 Å². The molecular formula is C13H17F2NO2S. The van der Waals surface area contributed by atoms with Gasteiger partial charge in [0.1, 0.15) is 11.6 Å². The van der Waals surface area contributed by atoms with Gasteiger partial charge in [0, 0.05) is 12.1 Å². The second-order valence-corrected chi connectivity index (χ2v) is 7.23. The van der Waals surface area contributed by atoms with E-state index in [4.69, 9.17) is 0 Å². The quantitative estimate of drug-likeness (QED) is 0.914. The minimum absolute atomic E-state index is 0.0144. The first-order valence-electron chi connectivity index (χ1n) is 6.23. The van der Waals surface area contributed by atoms with E-state index in [1.807, 2.05) is 0 Å². The molecule has 0 aliphatic carbocycles. The maximum atomic E-state index is 13.6. The third kappa shape index (κ3) is 3.51. The van der Waals surface area contributed by atoms with Crippen molar-refractivity contribution in [1.82, 2.24) is 5.32 Å².